The lowest BCUT2D eigenvalue weighted by Crippen LogP contribution is -2.18. The van der Waals surface area contributed by atoms with Gasteiger partial charge in [0.05, 0.1) is 12.1 Å². The molecule has 0 aliphatic heterocycles. The molecule has 1 unspecified atom stereocenters. The highest BCUT2D eigenvalue weighted by atomic mass is 32.1. The molecule has 0 fully saturated rings. The van der Waals surface area contributed by atoms with Gasteiger partial charge in [-0.15, -0.1) is 11.3 Å². The second kappa shape index (κ2) is 7.13. The summed E-state index contributed by atoms with van der Waals surface area (Å²) in [6.45, 7) is 4.62. The highest BCUT2D eigenvalue weighted by molar-refractivity contribution is 7.10. The molecule has 4 aromatic rings. The highest BCUT2D eigenvalue weighted by Crippen LogP contribution is 2.31. The number of thiophene rings is 1. The molecule has 0 radical (unpaired) electrons. The molecule has 4 rings (SSSR count). The molecular formula is C21H21N3O2S. The Labute approximate surface area is 161 Å². The van der Waals surface area contributed by atoms with E-state index in [0.717, 1.165) is 34.6 Å². The number of aromatic nitrogens is 2. The van der Waals surface area contributed by atoms with Crippen LogP contribution < -0.4 is 4.90 Å². The number of benzene rings is 1. The van der Waals surface area contributed by atoms with Crippen molar-refractivity contribution >= 4 is 28.1 Å². The van der Waals surface area contributed by atoms with Gasteiger partial charge in [0, 0.05) is 22.9 Å². The van der Waals surface area contributed by atoms with Gasteiger partial charge in [-0.3, -0.25) is 0 Å². The molecule has 0 bridgehead atoms. The summed E-state index contributed by atoms with van der Waals surface area (Å²) in [5, 5.41) is 12.8. The lowest BCUT2D eigenvalue weighted by Gasteiger charge is -2.19. The number of aliphatic hydroxyl groups excluding tert-OH is 1. The van der Waals surface area contributed by atoms with Crippen LogP contribution in [0.2, 0.25) is 0 Å². The molecule has 0 saturated carbocycles. The molecule has 3 heterocycles. The number of aliphatic hydroxyl groups is 1. The summed E-state index contributed by atoms with van der Waals surface area (Å²) in [6, 6.07) is 11.8. The van der Waals surface area contributed by atoms with Crippen molar-refractivity contribution in [2.75, 3.05) is 11.9 Å². The number of aryl methyl sites for hydroxylation is 1. The maximum absolute atomic E-state index is 9.70. The zero-order valence-electron chi connectivity index (χ0n) is 15.5. The minimum absolute atomic E-state index is 0.555. The van der Waals surface area contributed by atoms with E-state index >= 15 is 0 Å². The molecule has 5 nitrogen and oxygen atoms in total. The van der Waals surface area contributed by atoms with E-state index in [-0.39, 0.29) is 0 Å². The molecule has 1 aromatic carbocycles. The summed E-state index contributed by atoms with van der Waals surface area (Å²) in [7, 11) is 2.05. The summed E-state index contributed by atoms with van der Waals surface area (Å²) in [5.41, 5.74) is 3.12. The lowest BCUT2D eigenvalue weighted by molar-refractivity contribution is 0.170. The molecule has 1 atom stereocenters. The average molecular weight is 379 g/mol. The number of nitrogens with zero attached hydrogens (tertiary/aromatic N) is 3. The van der Waals surface area contributed by atoms with Crippen LogP contribution in [0.3, 0.4) is 0 Å². The van der Waals surface area contributed by atoms with Gasteiger partial charge in [0.15, 0.2) is 0 Å². The van der Waals surface area contributed by atoms with Crippen molar-refractivity contribution in [3.8, 4) is 11.3 Å². The van der Waals surface area contributed by atoms with E-state index in [0.29, 0.717) is 5.76 Å². The molecule has 0 aliphatic rings. The molecular weight excluding hydrogens is 358 g/mol. The topological polar surface area (TPSA) is 62.4 Å². The van der Waals surface area contributed by atoms with Gasteiger partial charge in [0.1, 0.15) is 29.8 Å². The molecule has 3 aromatic heterocycles. The van der Waals surface area contributed by atoms with Crippen LogP contribution in [-0.2, 0) is 6.54 Å². The summed E-state index contributed by atoms with van der Waals surface area (Å²) in [5.74, 6) is 2.16. The molecule has 0 aliphatic carbocycles. The summed E-state index contributed by atoms with van der Waals surface area (Å²) >= 11 is 1.76. The van der Waals surface area contributed by atoms with Gasteiger partial charge in [0.25, 0.3) is 0 Å². The van der Waals surface area contributed by atoms with E-state index < -0.39 is 6.10 Å². The molecule has 6 heteroatoms. The van der Waals surface area contributed by atoms with Gasteiger partial charge in [-0.25, -0.2) is 9.97 Å². The van der Waals surface area contributed by atoms with Crippen molar-refractivity contribution in [1.82, 2.24) is 9.97 Å². The quantitative estimate of drug-likeness (QED) is 0.532. The fourth-order valence-corrected chi connectivity index (χ4v) is 4.05. The van der Waals surface area contributed by atoms with Crippen molar-refractivity contribution in [1.29, 1.82) is 0 Å². The second-order valence-electron chi connectivity index (χ2n) is 6.69. The van der Waals surface area contributed by atoms with Crippen molar-refractivity contribution in [2.45, 2.75) is 26.5 Å². The standard InChI is InChI=1S/C21H21N3O2S/c1-13-8-9-27-20(13)11-24(3)21-16-10-15(4-5-17(16)22-12-23-21)19-7-6-18(26-19)14(2)25/h4-10,12,14,25H,11H2,1-3H3. The zero-order valence-corrected chi connectivity index (χ0v) is 16.3. The Bertz CT molecular complexity index is 1080. The zero-order chi connectivity index (χ0) is 19.0. The first-order valence-corrected chi connectivity index (χ1v) is 9.68. The molecule has 0 amide bonds. The predicted molar refractivity (Wildman–Crippen MR) is 109 cm³/mol. The third-order valence-corrected chi connectivity index (χ3v) is 5.66. The van der Waals surface area contributed by atoms with Crippen molar-refractivity contribution in [3.05, 3.63) is 64.3 Å². The Morgan fingerprint density at radius 2 is 2.04 bits per heavy atom. The van der Waals surface area contributed by atoms with E-state index in [2.05, 4.69) is 33.2 Å². The maximum atomic E-state index is 9.70. The number of anilines is 1. The van der Waals surface area contributed by atoms with Crippen LogP contribution in [0.1, 0.15) is 29.2 Å². The predicted octanol–water partition coefficient (Wildman–Crippen LogP) is 4.95. The van der Waals surface area contributed by atoms with E-state index in [4.69, 9.17) is 4.42 Å². The van der Waals surface area contributed by atoms with Crippen LogP contribution in [0.5, 0.6) is 0 Å². The Kier molecular flexibility index (Phi) is 4.68. The van der Waals surface area contributed by atoms with Crippen molar-refractivity contribution in [2.24, 2.45) is 0 Å². The monoisotopic (exact) mass is 379 g/mol. The van der Waals surface area contributed by atoms with Gasteiger partial charge < -0.3 is 14.4 Å². The molecule has 27 heavy (non-hydrogen) atoms. The Morgan fingerprint density at radius 1 is 1.19 bits per heavy atom. The van der Waals surface area contributed by atoms with Crippen molar-refractivity contribution < 1.29 is 9.52 Å². The van der Waals surface area contributed by atoms with Gasteiger partial charge in [0.2, 0.25) is 0 Å². The first-order valence-electron chi connectivity index (χ1n) is 8.80. The SMILES string of the molecule is Cc1ccsc1CN(C)c1ncnc2ccc(-c3ccc(C(C)O)o3)cc12. The van der Waals surface area contributed by atoms with Gasteiger partial charge >= 0.3 is 0 Å². The van der Waals surface area contributed by atoms with Crippen LogP contribution in [-0.4, -0.2) is 22.1 Å². The summed E-state index contributed by atoms with van der Waals surface area (Å²) < 4.78 is 5.78. The van der Waals surface area contributed by atoms with Crippen LogP contribution in [0, 0.1) is 6.92 Å². The van der Waals surface area contributed by atoms with E-state index in [1.807, 2.05) is 31.3 Å². The third-order valence-electron chi connectivity index (χ3n) is 4.65. The average Bonchev–Trinajstić information content (AvgIpc) is 3.30. The lowest BCUT2D eigenvalue weighted by atomic mass is 10.1. The number of rotatable bonds is 5. The van der Waals surface area contributed by atoms with Crippen LogP contribution in [0.15, 0.2) is 52.5 Å². The van der Waals surface area contributed by atoms with Crippen LogP contribution in [0.4, 0.5) is 5.82 Å². The van der Waals surface area contributed by atoms with Crippen LogP contribution in [0.25, 0.3) is 22.2 Å². The summed E-state index contributed by atoms with van der Waals surface area (Å²) in [6.07, 6.45) is 0.978. The fourth-order valence-electron chi connectivity index (χ4n) is 3.09. The van der Waals surface area contributed by atoms with Gasteiger partial charge in [-0.05, 0) is 61.2 Å². The normalized spacial score (nSPS) is 12.4. The van der Waals surface area contributed by atoms with Crippen LogP contribution >= 0.6 is 11.3 Å². The maximum Gasteiger partial charge on any atom is 0.139 e. The fraction of sp³-hybridized carbons (Fsp3) is 0.238. The minimum Gasteiger partial charge on any atom is -0.458 e. The second-order valence-corrected chi connectivity index (χ2v) is 7.69. The van der Waals surface area contributed by atoms with Gasteiger partial charge in [-0.1, -0.05) is 0 Å². The largest absolute Gasteiger partial charge is 0.458 e. The van der Waals surface area contributed by atoms with E-state index in [9.17, 15) is 5.11 Å². The first kappa shape index (κ1) is 17.7. The highest BCUT2D eigenvalue weighted by Gasteiger charge is 2.14. The first-order chi connectivity index (χ1) is 13.0. The minimum atomic E-state index is -0.627. The third kappa shape index (κ3) is 3.46. The van der Waals surface area contributed by atoms with E-state index in [1.54, 1.807) is 30.7 Å². The van der Waals surface area contributed by atoms with Gasteiger partial charge in [-0.2, -0.15) is 0 Å². The Hall–Kier alpha value is -2.70. The smallest absolute Gasteiger partial charge is 0.139 e. The van der Waals surface area contributed by atoms with E-state index in [1.165, 1.54) is 10.4 Å². The molecule has 0 saturated heterocycles. The number of hydrogen-bond donors (Lipinski definition) is 1. The number of hydrogen-bond acceptors (Lipinski definition) is 6. The number of fused-ring (bicyclic) bond motifs is 1. The Balaban J connectivity index is 1.73. The number of furan rings is 1. The summed E-state index contributed by atoms with van der Waals surface area (Å²) in [4.78, 5) is 12.4. The molecule has 138 valence electrons. The van der Waals surface area contributed by atoms with Crippen molar-refractivity contribution in [3.63, 3.8) is 0 Å². The molecule has 1 N–H and O–H groups in total. The molecule has 0 spiro atoms. The Morgan fingerprint density at radius 3 is 2.74 bits per heavy atom.